The molecule has 0 unspecified atom stereocenters. The standard InChI is InChI=1S/C20H19BrClN3O4/c1-2-24-16-5-3-4-6-17(16)25(20(24)28)10-9-19(27)29-12-18(26)23-15-8-7-13(21)11-14(15)22/h3-8,11H,2,9-10,12H2,1H3,(H,23,26). The van der Waals surface area contributed by atoms with E-state index in [-0.39, 0.29) is 18.7 Å². The van der Waals surface area contributed by atoms with Crippen molar-refractivity contribution in [1.29, 1.82) is 0 Å². The summed E-state index contributed by atoms with van der Waals surface area (Å²) in [5, 5.41) is 2.95. The van der Waals surface area contributed by atoms with Crippen molar-refractivity contribution in [2.45, 2.75) is 26.4 Å². The third kappa shape index (κ3) is 4.89. The summed E-state index contributed by atoms with van der Waals surface area (Å²) in [5.41, 5.74) is 1.83. The molecule has 1 aromatic heterocycles. The monoisotopic (exact) mass is 479 g/mol. The molecule has 3 rings (SSSR count). The van der Waals surface area contributed by atoms with Crippen molar-refractivity contribution >= 4 is 56.1 Å². The molecule has 1 heterocycles. The number of para-hydroxylation sites is 2. The summed E-state index contributed by atoms with van der Waals surface area (Å²) in [6, 6.07) is 12.4. The van der Waals surface area contributed by atoms with Gasteiger partial charge in [0.15, 0.2) is 6.61 Å². The van der Waals surface area contributed by atoms with E-state index in [4.69, 9.17) is 16.3 Å². The molecule has 0 radical (unpaired) electrons. The average molecular weight is 481 g/mol. The molecule has 1 N–H and O–H groups in total. The van der Waals surface area contributed by atoms with E-state index in [9.17, 15) is 14.4 Å². The number of benzene rings is 2. The lowest BCUT2D eigenvalue weighted by Crippen LogP contribution is -2.26. The smallest absolute Gasteiger partial charge is 0.329 e. The Hall–Kier alpha value is -2.58. The lowest BCUT2D eigenvalue weighted by molar-refractivity contribution is -0.147. The summed E-state index contributed by atoms with van der Waals surface area (Å²) < 4.78 is 9.00. The van der Waals surface area contributed by atoms with E-state index in [1.54, 1.807) is 27.3 Å². The van der Waals surface area contributed by atoms with Crippen LogP contribution in [0.15, 0.2) is 51.7 Å². The summed E-state index contributed by atoms with van der Waals surface area (Å²) in [4.78, 5) is 36.6. The molecule has 0 aliphatic rings. The molecule has 2 aromatic carbocycles. The molecule has 0 saturated heterocycles. The number of anilines is 1. The fraction of sp³-hybridized carbons (Fsp3) is 0.250. The number of fused-ring (bicyclic) bond motifs is 1. The third-order valence-electron chi connectivity index (χ3n) is 4.35. The predicted molar refractivity (Wildman–Crippen MR) is 115 cm³/mol. The number of nitrogens with zero attached hydrogens (tertiary/aromatic N) is 2. The van der Waals surface area contributed by atoms with Crippen LogP contribution in [0.5, 0.6) is 0 Å². The summed E-state index contributed by atoms with van der Waals surface area (Å²) in [6.07, 6.45) is -0.0239. The minimum Gasteiger partial charge on any atom is -0.456 e. The molecule has 0 bridgehead atoms. The van der Waals surface area contributed by atoms with Crippen LogP contribution in [0.2, 0.25) is 5.02 Å². The first kappa shape index (κ1) is 21.1. The van der Waals surface area contributed by atoms with Crippen LogP contribution in [0.3, 0.4) is 0 Å². The van der Waals surface area contributed by atoms with Gasteiger partial charge in [-0.1, -0.05) is 39.7 Å². The Morgan fingerprint density at radius 1 is 1.14 bits per heavy atom. The van der Waals surface area contributed by atoms with Gasteiger partial charge in [-0.25, -0.2) is 4.79 Å². The molecule has 0 atom stereocenters. The number of halogens is 2. The molecule has 0 fully saturated rings. The van der Waals surface area contributed by atoms with E-state index in [1.807, 2.05) is 31.2 Å². The summed E-state index contributed by atoms with van der Waals surface area (Å²) >= 11 is 9.33. The van der Waals surface area contributed by atoms with Gasteiger partial charge in [-0.05, 0) is 37.3 Å². The van der Waals surface area contributed by atoms with Crippen molar-refractivity contribution in [1.82, 2.24) is 9.13 Å². The molecule has 7 nitrogen and oxygen atoms in total. The van der Waals surface area contributed by atoms with Gasteiger partial charge in [-0.2, -0.15) is 0 Å². The van der Waals surface area contributed by atoms with Crippen LogP contribution in [0.1, 0.15) is 13.3 Å². The highest BCUT2D eigenvalue weighted by atomic mass is 79.9. The van der Waals surface area contributed by atoms with E-state index in [0.29, 0.717) is 17.3 Å². The fourth-order valence-electron chi connectivity index (χ4n) is 2.99. The molecule has 29 heavy (non-hydrogen) atoms. The summed E-state index contributed by atoms with van der Waals surface area (Å²) in [6.45, 7) is 2.17. The highest BCUT2D eigenvalue weighted by Crippen LogP contribution is 2.25. The lowest BCUT2D eigenvalue weighted by atomic mass is 10.3. The number of esters is 1. The van der Waals surface area contributed by atoms with Crippen LogP contribution in [0, 0.1) is 0 Å². The number of amides is 1. The van der Waals surface area contributed by atoms with Crippen LogP contribution < -0.4 is 11.0 Å². The Morgan fingerprint density at radius 3 is 2.48 bits per heavy atom. The Bertz CT molecular complexity index is 1120. The molecule has 0 spiro atoms. The van der Waals surface area contributed by atoms with Crippen LogP contribution >= 0.6 is 27.5 Å². The number of hydrogen-bond donors (Lipinski definition) is 1. The first-order valence-electron chi connectivity index (χ1n) is 8.99. The van der Waals surface area contributed by atoms with Gasteiger partial charge in [0, 0.05) is 17.6 Å². The Labute approximate surface area is 180 Å². The van der Waals surface area contributed by atoms with Crippen molar-refractivity contribution in [3.05, 3.63) is 62.4 Å². The minimum atomic E-state index is -0.567. The fourth-order valence-corrected chi connectivity index (χ4v) is 3.71. The van der Waals surface area contributed by atoms with Crippen molar-refractivity contribution in [3.63, 3.8) is 0 Å². The third-order valence-corrected chi connectivity index (χ3v) is 5.16. The van der Waals surface area contributed by atoms with Crippen LogP contribution in [-0.4, -0.2) is 27.6 Å². The van der Waals surface area contributed by atoms with Gasteiger partial charge in [-0.15, -0.1) is 0 Å². The van der Waals surface area contributed by atoms with E-state index >= 15 is 0 Å². The second-order valence-electron chi connectivity index (χ2n) is 6.25. The van der Waals surface area contributed by atoms with E-state index in [0.717, 1.165) is 15.5 Å². The highest BCUT2D eigenvalue weighted by Gasteiger charge is 2.14. The van der Waals surface area contributed by atoms with Crippen LogP contribution in [0.25, 0.3) is 11.0 Å². The van der Waals surface area contributed by atoms with Gasteiger partial charge in [-0.3, -0.25) is 18.7 Å². The molecule has 0 aliphatic carbocycles. The summed E-state index contributed by atoms with van der Waals surface area (Å²) in [7, 11) is 0. The van der Waals surface area contributed by atoms with E-state index in [2.05, 4.69) is 21.2 Å². The predicted octanol–water partition coefficient (Wildman–Crippen LogP) is 3.81. The van der Waals surface area contributed by atoms with Gasteiger partial charge in [0.2, 0.25) is 0 Å². The number of ether oxygens (including phenoxy) is 1. The second-order valence-corrected chi connectivity index (χ2v) is 7.57. The number of rotatable bonds is 7. The number of carbonyl (C=O) groups is 2. The highest BCUT2D eigenvalue weighted by molar-refractivity contribution is 9.10. The normalized spacial score (nSPS) is 10.9. The summed E-state index contributed by atoms with van der Waals surface area (Å²) in [5.74, 6) is -1.07. The van der Waals surface area contributed by atoms with E-state index in [1.165, 1.54) is 0 Å². The second kappa shape index (κ2) is 9.28. The van der Waals surface area contributed by atoms with E-state index < -0.39 is 18.5 Å². The first-order chi connectivity index (χ1) is 13.9. The topological polar surface area (TPSA) is 82.3 Å². The molecule has 9 heteroatoms. The maximum absolute atomic E-state index is 12.6. The first-order valence-corrected chi connectivity index (χ1v) is 10.2. The van der Waals surface area contributed by atoms with Gasteiger partial charge in [0.1, 0.15) is 0 Å². The number of carbonyl (C=O) groups excluding carboxylic acids is 2. The average Bonchev–Trinajstić information content (AvgIpc) is 2.97. The SMILES string of the molecule is CCn1c(=O)n(CCC(=O)OCC(=O)Nc2ccc(Br)cc2Cl)c2ccccc21. The Morgan fingerprint density at radius 2 is 1.83 bits per heavy atom. The lowest BCUT2D eigenvalue weighted by Gasteiger charge is -2.08. The zero-order chi connectivity index (χ0) is 21.0. The van der Waals surface area contributed by atoms with Gasteiger partial charge >= 0.3 is 11.7 Å². The van der Waals surface area contributed by atoms with Gasteiger partial charge < -0.3 is 10.1 Å². The van der Waals surface area contributed by atoms with Gasteiger partial charge in [0.25, 0.3) is 5.91 Å². The molecular formula is C20H19BrClN3O4. The molecule has 0 aliphatic heterocycles. The Kier molecular flexibility index (Phi) is 6.76. The maximum atomic E-state index is 12.6. The van der Waals surface area contributed by atoms with Crippen LogP contribution in [-0.2, 0) is 27.4 Å². The number of aryl methyl sites for hydroxylation is 2. The van der Waals surface area contributed by atoms with Crippen molar-refractivity contribution in [2.75, 3.05) is 11.9 Å². The van der Waals surface area contributed by atoms with Crippen molar-refractivity contribution in [3.8, 4) is 0 Å². The zero-order valence-electron chi connectivity index (χ0n) is 15.7. The number of aromatic nitrogens is 2. The van der Waals surface area contributed by atoms with Crippen molar-refractivity contribution < 1.29 is 14.3 Å². The van der Waals surface area contributed by atoms with Crippen molar-refractivity contribution in [2.24, 2.45) is 0 Å². The molecule has 3 aromatic rings. The Balaban J connectivity index is 1.57. The largest absolute Gasteiger partial charge is 0.456 e. The number of imidazole rings is 1. The maximum Gasteiger partial charge on any atom is 0.329 e. The zero-order valence-corrected chi connectivity index (χ0v) is 18.0. The molecule has 152 valence electrons. The van der Waals surface area contributed by atoms with Gasteiger partial charge in [0.05, 0.1) is 28.2 Å². The van der Waals surface area contributed by atoms with Crippen LogP contribution in [0.4, 0.5) is 5.69 Å². The molecule has 1 amide bonds. The number of nitrogens with one attached hydrogen (secondary N) is 1. The quantitative estimate of drug-likeness (QED) is 0.521. The molecular weight excluding hydrogens is 462 g/mol. The molecule has 0 saturated carbocycles. The number of hydrogen-bond acceptors (Lipinski definition) is 4. The minimum absolute atomic E-state index is 0.0239.